The summed E-state index contributed by atoms with van der Waals surface area (Å²) >= 11 is 6.12. The largest absolute Gasteiger partial charge is 0.488 e. The van der Waals surface area contributed by atoms with E-state index in [4.69, 9.17) is 16.3 Å². The molecule has 1 fully saturated rings. The third-order valence-corrected chi connectivity index (χ3v) is 6.68. The average molecular weight is 435 g/mol. The molecule has 0 radical (unpaired) electrons. The lowest BCUT2D eigenvalue weighted by Gasteiger charge is -2.22. The molecule has 0 spiro atoms. The van der Waals surface area contributed by atoms with Crippen molar-refractivity contribution in [2.45, 2.75) is 38.6 Å². The maximum Gasteiger partial charge on any atom is 0.253 e. The molecular weight excluding hydrogens is 408 g/mol. The molecule has 2 aromatic carbocycles. The molecular formula is C26H27ClN2O2. The zero-order valence-corrected chi connectivity index (χ0v) is 18.6. The lowest BCUT2D eigenvalue weighted by atomic mass is 9.98. The normalized spacial score (nSPS) is 18.1. The van der Waals surface area contributed by atoms with Gasteiger partial charge in [-0.1, -0.05) is 43.1 Å². The highest BCUT2D eigenvalue weighted by molar-refractivity contribution is 6.30. The number of unbranched alkanes of at least 4 members (excludes halogenated alkanes) is 1. The summed E-state index contributed by atoms with van der Waals surface area (Å²) in [7, 11) is 0. The molecule has 0 bridgehead atoms. The van der Waals surface area contributed by atoms with Gasteiger partial charge in [-0.15, -0.1) is 0 Å². The van der Waals surface area contributed by atoms with Crippen molar-refractivity contribution in [2.24, 2.45) is 0 Å². The Balaban J connectivity index is 1.36. The van der Waals surface area contributed by atoms with Crippen molar-refractivity contribution in [3.05, 3.63) is 70.4 Å². The second kappa shape index (κ2) is 8.43. The van der Waals surface area contributed by atoms with Crippen molar-refractivity contribution in [1.82, 2.24) is 9.47 Å². The summed E-state index contributed by atoms with van der Waals surface area (Å²) < 4.78 is 8.19. The van der Waals surface area contributed by atoms with Crippen LogP contribution in [0.2, 0.25) is 5.02 Å². The van der Waals surface area contributed by atoms with Gasteiger partial charge in [0.25, 0.3) is 5.91 Å². The van der Waals surface area contributed by atoms with Gasteiger partial charge in [-0.05, 0) is 48.7 Å². The number of carbonyl (C=O) groups is 1. The molecule has 4 nitrogen and oxygen atoms in total. The second-order valence-electron chi connectivity index (χ2n) is 8.53. The zero-order chi connectivity index (χ0) is 21.4. The van der Waals surface area contributed by atoms with Gasteiger partial charge in [0.05, 0.1) is 5.57 Å². The third-order valence-electron chi connectivity index (χ3n) is 6.45. The molecule has 0 aliphatic carbocycles. The minimum Gasteiger partial charge on any atom is -0.488 e. The Morgan fingerprint density at radius 2 is 2.10 bits per heavy atom. The predicted octanol–water partition coefficient (Wildman–Crippen LogP) is 5.89. The first-order valence-electron chi connectivity index (χ1n) is 11.1. The molecule has 1 aromatic heterocycles. The maximum atomic E-state index is 13.2. The molecule has 0 N–H and O–H groups in total. The third kappa shape index (κ3) is 3.85. The van der Waals surface area contributed by atoms with E-state index in [1.54, 1.807) is 0 Å². The van der Waals surface area contributed by atoms with Crippen LogP contribution in [0.4, 0.5) is 0 Å². The number of halogens is 1. The van der Waals surface area contributed by atoms with Gasteiger partial charge in [-0.25, -0.2) is 0 Å². The predicted molar refractivity (Wildman–Crippen MR) is 126 cm³/mol. The molecule has 0 saturated carbocycles. The molecule has 5 heteroatoms. The van der Waals surface area contributed by atoms with E-state index in [-0.39, 0.29) is 5.91 Å². The van der Waals surface area contributed by atoms with Crippen LogP contribution in [0.3, 0.4) is 0 Å². The first-order valence-corrected chi connectivity index (χ1v) is 11.5. The number of aryl methyl sites for hydroxylation is 1. The number of nitrogens with zero attached hydrogens (tertiary/aromatic N) is 2. The molecule has 5 rings (SSSR count). The van der Waals surface area contributed by atoms with E-state index >= 15 is 0 Å². The number of ether oxygens (including phenoxy) is 1. The van der Waals surface area contributed by atoms with Gasteiger partial charge in [0.1, 0.15) is 12.4 Å². The first kappa shape index (κ1) is 20.2. The van der Waals surface area contributed by atoms with E-state index in [0.29, 0.717) is 23.1 Å². The van der Waals surface area contributed by atoms with Gasteiger partial charge in [-0.3, -0.25) is 4.79 Å². The van der Waals surface area contributed by atoms with E-state index in [9.17, 15) is 4.79 Å². The van der Waals surface area contributed by atoms with E-state index in [0.717, 1.165) is 37.4 Å². The highest BCUT2D eigenvalue weighted by atomic mass is 35.5. The molecule has 160 valence electrons. The first-order chi connectivity index (χ1) is 15.1. The second-order valence-corrected chi connectivity index (χ2v) is 8.96. The number of para-hydroxylation sites is 1. The summed E-state index contributed by atoms with van der Waals surface area (Å²) in [6.45, 7) is 5.10. The van der Waals surface area contributed by atoms with Crippen LogP contribution in [0, 0.1) is 0 Å². The standard InChI is InChI=1S/C26H27ClN2O2/c1-2-3-11-28-16-23(22-6-4-5-7-24(22)28)18-10-12-29(15-18)26(30)20-13-19-14-21(27)8-9-25(19)31-17-20/h4-9,13-14,16,18H,2-3,10-12,15,17H2,1H3. The maximum absolute atomic E-state index is 13.2. The molecule has 1 saturated heterocycles. The number of rotatable bonds is 5. The Labute approximate surface area is 188 Å². The lowest BCUT2D eigenvalue weighted by molar-refractivity contribution is -0.126. The molecule has 1 amide bonds. The molecule has 1 unspecified atom stereocenters. The van der Waals surface area contributed by atoms with Gasteiger partial charge in [-0.2, -0.15) is 0 Å². The molecule has 31 heavy (non-hydrogen) atoms. The van der Waals surface area contributed by atoms with Gasteiger partial charge in [0.15, 0.2) is 0 Å². The van der Waals surface area contributed by atoms with Gasteiger partial charge >= 0.3 is 0 Å². The van der Waals surface area contributed by atoms with Gasteiger partial charge in [0, 0.05) is 53.2 Å². The smallest absolute Gasteiger partial charge is 0.253 e. The fourth-order valence-corrected chi connectivity index (χ4v) is 4.97. The lowest BCUT2D eigenvalue weighted by Crippen LogP contribution is -2.32. The van der Waals surface area contributed by atoms with E-state index in [2.05, 4.69) is 42.0 Å². The minimum absolute atomic E-state index is 0.0721. The summed E-state index contributed by atoms with van der Waals surface area (Å²) in [5, 5.41) is 1.97. The Hall–Kier alpha value is -2.72. The summed E-state index contributed by atoms with van der Waals surface area (Å²) in [6.07, 6.45) is 7.59. The number of fused-ring (bicyclic) bond motifs is 2. The van der Waals surface area contributed by atoms with Crippen LogP contribution in [-0.4, -0.2) is 35.1 Å². The van der Waals surface area contributed by atoms with E-state index < -0.39 is 0 Å². The highest BCUT2D eigenvalue weighted by Crippen LogP contribution is 2.35. The molecule has 1 atom stereocenters. The minimum atomic E-state index is 0.0721. The van der Waals surface area contributed by atoms with E-state index in [1.165, 1.54) is 29.3 Å². The van der Waals surface area contributed by atoms with Crippen molar-refractivity contribution in [2.75, 3.05) is 19.7 Å². The molecule has 2 aliphatic heterocycles. The Morgan fingerprint density at radius 1 is 1.23 bits per heavy atom. The quantitative estimate of drug-likeness (QED) is 0.502. The van der Waals surface area contributed by atoms with Crippen LogP contribution >= 0.6 is 11.6 Å². The fraction of sp³-hybridized carbons (Fsp3) is 0.346. The van der Waals surface area contributed by atoms with Crippen molar-refractivity contribution < 1.29 is 9.53 Å². The van der Waals surface area contributed by atoms with Crippen LogP contribution in [0.5, 0.6) is 5.75 Å². The molecule has 2 aliphatic rings. The van der Waals surface area contributed by atoms with Crippen LogP contribution in [-0.2, 0) is 11.3 Å². The average Bonchev–Trinajstić information content (AvgIpc) is 3.42. The number of hydrogen-bond donors (Lipinski definition) is 0. The van der Waals surface area contributed by atoms with Gasteiger partial charge < -0.3 is 14.2 Å². The van der Waals surface area contributed by atoms with Crippen LogP contribution in [0.15, 0.2) is 54.2 Å². The van der Waals surface area contributed by atoms with Crippen molar-refractivity contribution in [3.8, 4) is 5.75 Å². The summed E-state index contributed by atoms with van der Waals surface area (Å²) in [5.41, 5.74) is 4.23. The van der Waals surface area contributed by atoms with Crippen LogP contribution < -0.4 is 4.74 Å². The highest BCUT2D eigenvalue weighted by Gasteiger charge is 2.31. The number of likely N-dealkylation sites (tertiary alicyclic amines) is 1. The Morgan fingerprint density at radius 3 is 2.97 bits per heavy atom. The SMILES string of the molecule is CCCCn1cc(C2CCN(C(=O)C3=Cc4cc(Cl)ccc4OC3)C2)c2ccccc21. The monoisotopic (exact) mass is 434 g/mol. The Kier molecular flexibility index (Phi) is 5.49. The van der Waals surface area contributed by atoms with Crippen molar-refractivity contribution in [3.63, 3.8) is 0 Å². The summed E-state index contributed by atoms with van der Waals surface area (Å²) in [6, 6.07) is 14.2. The molecule has 3 heterocycles. The summed E-state index contributed by atoms with van der Waals surface area (Å²) in [4.78, 5) is 15.2. The number of benzene rings is 2. The Bertz CT molecular complexity index is 1160. The van der Waals surface area contributed by atoms with Crippen LogP contribution in [0.25, 0.3) is 17.0 Å². The number of aromatic nitrogens is 1. The number of amides is 1. The number of carbonyl (C=O) groups excluding carboxylic acids is 1. The van der Waals surface area contributed by atoms with Gasteiger partial charge in [0.2, 0.25) is 0 Å². The number of hydrogen-bond acceptors (Lipinski definition) is 2. The van der Waals surface area contributed by atoms with Crippen molar-refractivity contribution >= 4 is 34.5 Å². The fourth-order valence-electron chi connectivity index (χ4n) is 4.79. The topological polar surface area (TPSA) is 34.5 Å². The molecule has 3 aromatic rings. The zero-order valence-electron chi connectivity index (χ0n) is 17.8. The van der Waals surface area contributed by atoms with Crippen molar-refractivity contribution in [1.29, 1.82) is 0 Å². The van der Waals surface area contributed by atoms with E-state index in [1.807, 2.05) is 29.2 Å². The van der Waals surface area contributed by atoms with Crippen LogP contribution in [0.1, 0.15) is 43.2 Å². The summed E-state index contributed by atoms with van der Waals surface area (Å²) in [5.74, 6) is 1.21.